The maximum Gasteiger partial charge on any atom is 0.255 e. The van der Waals surface area contributed by atoms with E-state index in [0.717, 1.165) is 56.2 Å². The SMILES string of the molecule is O=C(c1cnc(N2CCn3c(nnc3-c3ccccc3)C2)c(Cl)c1)N1CCCCC1. The summed E-state index contributed by atoms with van der Waals surface area (Å²) in [7, 11) is 0. The highest BCUT2D eigenvalue weighted by Crippen LogP contribution is 2.29. The number of aromatic nitrogens is 4. The van der Waals surface area contributed by atoms with Gasteiger partial charge < -0.3 is 14.4 Å². The zero-order valence-electron chi connectivity index (χ0n) is 16.7. The number of hydrogen-bond donors (Lipinski definition) is 0. The maximum atomic E-state index is 12.7. The third-order valence-corrected chi connectivity index (χ3v) is 6.07. The van der Waals surface area contributed by atoms with Crippen LogP contribution < -0.4 is 4.90 Å². The molecule has 4 heterocycles. The molecular weight excluding hydrogens is 400 g/mol. The minimum Gasteiger partial charge on any atom is -0.346 e. The van der Waals surface area contributed by atoms with Crippen molar-refractivity contribution in [1.29, 1.82) is 0 Å². The number of rotatable bonds is 3. The second-order valence-electron chi connectivity index (χ2n) is 7.76. The fourth-order valence-electron chi connectivity index (χ4n) is 4.20. The first-order chi connectivity index (χ1) is 14.7. The van der Waals surface area contributed by atoms with Gasteiger partial charge in [-0.05, 0) is 25.3 Å². The van der Waals surface area contributed by atoms with Gasteiger partial charge in [-0.3, -0.25) is 4.79 Å². The molecule has 5 rings (SSSR count). The van der Waals surface area contributed by atoms with Crippen LogP contribution >= 0.6 is 11.6 Å². The van der Waals surface area contributed by atoms with Crippen LogP contribution in [-0.4, -0.2) is 50.2 Å². The van der Waals surface area contributed by atoms with E-state index in [2.05, 4.69) is 24.6 Å². The molecule has 0 radical (unpaired) electrons. The number of carbonyl (C=O) groups is 1. The van der Waals surface area contributed by atoms with Gasteiger partial charge in [0, 0.05) is 37.9 Å². The smallest absolute Gasteiger partial charge is 0.255 e. The number of piperidine rings is 1. The Morgan fingerprint density at radius 1 is 0.967 bits per heavy atom. The van der Waals surface area contributed by atoms with Crippen molar-refractivity contribution in [2.45, 2.75) is 32.4 Å². The number of carbonyl (C=O) groups excluding carboxylic acids is 1. The summed E-state index contributed by atoms with van der Waals surface area (Å²) in [5.41, 5.74) is 1.61. The normalized spacial score (nSPS) is 16.4. The average molecular weight is 423 g/mol. The second kappa shape index (κ2) is 8.07. The van der Waals surface area contributed by atoms with Crippen molar-refractivity contribution in [1.82, 2.24) is 24.6 Å². The Hall–Kier alpha value is -2.93. The molecule has 3 aromatic rings. The lowest BCUT2D eigenvalue weighted by atomic mass is 10.1. The van der Waals surface area contributed by atoms with Gasteiger partial charge in [0.05, 0.1) is 17.1 Å². The van der Waals surface area contributed by atoms with Gasteiger partial charge in [-0.1, -0.05) is 41.9 Å². The summed E-state index contributed by atoms with van der Waals surface area (Å²) < 4.78 is 2.15. The van der Waals surface area contributed by atoms with Gasteiger partial charge in [0.25, 0.3) is 5.91 Å². The fraction of sp³-hybridized carbons (Fsp3) is 0.364. The van der Waals surface area contributed by atoms with Gasteiger partial charge in [0.15, 0.2) is 11.6 Å². The summed E-state index contributed by atoms with van der Waals surface area (Å²) in [6, 6.07) is 11.8. The van der Waals surface area contributed by atoms with E-state index in [0.29, 0.717) is 22.9 Å². The van der Waals surface area contributed by atoms with Crippen molar-refractivity contribution in [3.63, 3.8) is 0 Å². The molecule has 0 unspecified atom stereocenters. The van der Waals surface area contributed by atoms with E-state index in [1.165, 1.54) is 6.42 Å². The van der Waals surface area contributed by atoms with E-state index in [1.807, 2.05) is 35.2 Å². The molecule has 1 aromatic carbocycles. The summed E-state index contributed by atoms with van der Waals surface area (Å²) in [4.78, 5) is 21.3. The summed E-state index contributed by atoms with van der Waals surface area (Å²) in [6.45, 7) is 3.69. The first kappa shape index (κ1) is 19.1. The van der Waals surface area contributed by atoms with E-state index >= 15 is 0 Å². The van der Waals surface area contributed by atoms with Crippen molar-refractivity contribution in [3.8, 4) is 11.4 Å². The van der Waals surface area contributed by atoms with Crippen molar-refractivity contribution in [2.75, 3.05) is 24.5 Å². The Labute approximate surface area is 180 Å². The van der Waals surface area contributed by atoms with Crippen LogP contribution in [0.25, 0.3) is 11.4 Å². The van der Waals surface area contributed by atoms with E-state index in [1.54, 1.807) is 12.3 Å². The first-order valence-corrected chi connectivity index (χ1v) is 10.8. The lowest BCUT2D eigenvalue weighted by Gasteiger charge is -2.30. The molecule has 0 aliphatic carbocycles. The van der Waals surface area contributed by atoms with E-state index in [-0.39, 0.29) is 5.91 Å². The zero-order chi connectivity index (χ0) is 20.5. The quantitative estimate of drug-likeness (QED) is 0.644. The van der Waals surface area contributed by atoms with Crippen LogP contribution in [0.15, 0.2) is 42.6 Å². The molecule has 2 aliphatic rings. The first-order valence-electron chi connectivity index (χ1n) is 10.4. The third kappa shape index (κ3) is 3.54. The minimum atomic E-state index is 0.0153. The molecule has 2 aromatic heterocycles. The molecule has 1 saturated heterocycles. The van der Waals surface area contributed by atoms with Crippen LogP contribution in [0.1, 0.15) is 35.4 Å². The monoisotopic (exact) mass is 422 g/mol. The Kier molecular flexibility index (Phi) is 5.12. The second-order valence-corrected chi connectivity index (χ2v) is 8.17. The topological polar surface area (TPSA) is 67.2 Å². The predicted octanol–water partition coefficient (Wildman–Crippen LogP) is 3.64. The highest BCUT2D eigenvalue weighted by molar-refractivity contribution is 6.33. The van der Waals surface area contributed by atoms with Crippen LogP contribution in [0, 0.1) is 0 Å². The van der Waals surface area contributed by atoms with E-state index in [9.17, 15) is 4.79 Å². The van der Waals surface area contributed by atoms with E-state index < -0.39 is 0 Å². The average Bonchev–Trinajstić information content (AvgIpc) is 3.23. The Morgan fingerprint density at radius 3 is 2.53 bits per heavy atom. The van der Waals surface area contributed by atoms with Crippen LogP contribution in [0.3, 0.4) is 0 Å². The number of amides is 1. The van der Waals surface area contributed by atoms with Crippen molar-refractivity contribution < 1.29 is 4.79 Å². The molecule has 0 N–H and O–H groups in total. The van der Waals surface area contributed by atoms with Gasteiger partial charge >= 0.3 is 0 Å². The molecule has 1 fully saturated rings. The molecular formula is C22H23ClN6O. The summed E-state index contributed by atoms with van der Waals surface area (Å²) in [5.74, 6) is 2.46. The number of likely N-dealkylation sites (tertiary alicyclic amines) is 1. The van der Waals surface area contributed by atoms with Gasteiger partial charge in [0.1, 0.15) is 5.82 Å². The molecule has 8 heteroatoms. The number of anilines is 1. The minimum absolute atomic E-state index is 0.0153. The summed E-state index contributed by atoms with van der Waals surface area (Å²) >= 11 is 6.56. The summed E-state index contributed by atoms with van der Waals surface area (Å²) in [6.07, 6.45) is 4.95. The lowest BCUT2D eigenvalue weighted by Crippen LogP contribution is -2.36. The number of benzene rings is 1. The summed E-state index contributed by atoms with van der Waals surface area (Å²) in [5, 5.41) is 9.27. The Morgan fingerprint density at radius 2 is 1.77 bits per heavy atom. The van der Waals surface area contributed by atoms with Gasteiger partial charge in [-0.15, -0.1) is 10.2 Å². The van der Waals surface area contributed by atoms with Crippen LogP contribution in [0.2, 0.25) is 5.02 Å². The van der Waals surface area contributed by atoms with Gasteiger partial charge in [-0.2, -0.15) is 0 Å². The molecule has 7 nitrogen and oxygen atoms in total. The van der Waals surface area contributed by atoms with Crippen LogP contribution in [0.5, 0.6) is 0 Å². The lowest BCUT2D eigenvalue weighted by molar-refractivity contribution is 0.0724. The molecule has 0 atom stereocenters. The Balaban J connectivity index is 1.35. The number of nitrogens with zero attached hydrogens (tertiary/aromatic N) is 6. The molecule has 0 bridgehead atoms. The zero-order valence-corrected chi connectivity index (χ0v) is 17.4. The highest BCUT2D eigenvalue weighted by atomic mass is 35.5. The maximum absolute atomic E-state index is 12.7. The van der Waals surface area contributed by atoms with Crippen molar-refractivity contribution in [2.24, 2.45) is 0 Å². The molecule has 1 amide bonds. The van der Waals surface area contributed by atoms with E-state index in [4.69, 9.17) is 11.6 Å². The third-order valence-electron chi connectivity index (χ3n) is 5.80. The molecule has 0 saturated carbocycles. The molecule has 154 valence electrons. The molecule has 2 aliphatic heterocycles. The number of hydrogen-bond acceptors (Lipinski definition) is 5. The fourth-order valence-corrected chi connectivity index (χ4v) is 4.49. The van der Waals surface area contributed by atoms with Crippen molar-refractivity contribution in [3.05, 3.63) is 59.0 Å². The largest absolute Gasteiger partial charge is 0.346 e. The predicted molar refractivity (Wildman–Crippen MR) is 116 cm³/mol. The standard InChI is InChI=1S/C22H23ClN6O/c23-18-13-17(22(30)27-9-5-2-6-10-27)14-24-21(18)28-11-12-29-19(15-28)25-26-20(29)16-7-3-1-4-8-16/h1,3-4,7-8,13-14H,2,5-6,9-12,15H2. The highest BCUT2D eigenvalue weighted by Gasteiger charge is 2.25. The Bertz CT molecular complexity index is 1060. The van der Waals surface area contributed by atoms with Crippen LogP contribution in [-0.2, 0) is 13.1 Å². The molecule has 30 heavy (non-hydrogen) atoms. The van der Waals surface area contributed by atoms with Crippen LogP contribution in [0.4, 0.5) is 5.82 Å². The number of halogens is 1. The van der Waals surface area contributed by atoms with Gasteiger partial charge in [-0.25, -0.2) is 4.98 Å². The number of pyridine rings is 1. The number of fused-ring (bicyclic) bond motifs is 1. The van der Waals surface area contributed by atoms with Crippen molar-refractivity contribution >= 4 is 23.3 Å². The van der Waals surface area contributed by atoms with Gasteiger partial charge in [0.2, 0.25) is 0 Å². The molecule has 0 spiro atoms.